The van der Waals surface area contributed by atoms with Crippen LogP contribution in [0.3, 0.4) is 0 Å². The van der Waals surface area contributed by atoms with E-state index in [2.05, 4.69) is 0 Å². The third kappa shape index (κ3) is 1.94. The number of aromatic carboxylic acids is 2. The SMILES string of the molecule is O=C(O)c1cc2cccc(Cl)c2cc1C(=O)O. The Morgan fingerprint density at radius 1 is 1.00 bits per heavy atom. The second-order valence-electron chi connectivity index (χ2n) is 3.47. The highest BCUT2D eigenvalue weighted by Gasteiger charge is 2.17. The zero-order valence-corrected chi connectivity index (χ0v) is 9.23. The van der Waals surface area contributed by atoms with Crippen LogP contribution in [0, 0.1) is 0 Å². The Bertz CT molecular complexity index is 634. The Labute approximate surface area is 101 Å². The van der Waals surface area contributed by atoms with Gasteiger partial charge in [0.15, 0.2) is 0 Å². The first kappa shape index (κ1) is 11.4. The third-order valence-electron chi connectivity index (χ3n) is 2.43. The maximum Gasteiger partial charge on any atom is 0.336 e. The summed E-state index contributed by atoms with van der Waals surface area (Å²) in [7, 11) is 0. The maximum atomic E-state index is 11.0. The van der Waals surface area contributed by atoms with E-state index in [1.165, 1.54) is 12.1 Å². The van der Waals surface area contributed by atoms with Crippen molar-refractivity contribution in [2.75, 3.05) is 0 Å². The largest absolute Gasteiger partial charge is 0.478 e. The van der Waals surface area contributed by atoms with E-state index in [4.69, 9.17) is 21.8 Å². The number of halogens is 1. The summed E-state index contributed by atoms with van der Waals surface area (Å²) in [6.07, 6.45) is 0. The van der Waals surface area contributed by atoms with Gasteiger partial charge in [-0.25, -0.2) is 9.59 Å². The molecular formula is C12H7ClO4. The third-order valence-corrected chi connectivity index (χ3v) is 2.76. The van der Waals surface area contributed by atoms with Crippen LogP contribution in [0.1, 0.15) is 20.7 Å². The van der Waals surface area contributed by atoms with Crippen molar-refractivity contribution in [2.24, 2.45) is 0 Å². The van der Waals surface area contributed by atoms with Gasteiger partial charge in [0.2, 0.25) is 0 Å². The van der Waals surface area contributed by atoms with Gasteiger partial charge < -0.3 is 10.2 Å². The Morgan fingerprint density at radius 3 is 2.18 bits per heavy atom. The van der Waals surface area contributed by atoms with Crippen molar-refractivity contribution in [3.8, 4) is 0 Å². The van der Waals surface area contributed by atoms with E-state index in [9.17, 15) is 9.59 Å². The molecule has 5 heteroatoms. The molecule has 86 valence electrons. The maximum absolute atomic E-state index is 11.0. The molecule has 2 rings (SSSR count). The van der Waals surface area contributed by atoms with Gasteiger partial charge in [-0.2, -0.15) is 0 Å². The van der Waals surface area contributed by atoms with Crippen molar-refractivity contribution in [3.63, 3.8) is 0 Å². The molecule has 4 nitrogen and oxygen atoms in total. The second-order valence-corrected chi connectivity index (χ2v) is 3.88. The second kappa shape index (κ2) is 4.07. The van der Waals surface area contributed by atoms with E-state index < -0.39 is 11.9 Å². The summed E-state index contributed by atoms with van der Waals surface area (Å²) >= 11 is 5.93. The van der Waals surface area contributed by atoms with Gasteiger partial charge in [-0.05, 0) is 23.6 Å². The van der Waals surface area contributed by atoms with Crippen molar-refractivity contribution < 1.29 is 19.8 Å². The summed E-state index contributed by atoms with van der Waals surface area (Å²) in [6.45, 7) is 0. The van der Waals surface area contributed by atoms with E-state index in [1.807, 2.05) is 0 Å². The fraction of sp³-hybridized carbons (Fsp3) is 0. The lowest BCUT2D eigenvalue weighted by atomic mass is 10.0. The molecule has 0 aliphatic rings. The lowest BCUT2D eigenvalue weighted by Gasteiger charge is -2.06. The molecule has 0 amide bonds. The highest BCUT2D eigenvalue weighted by Crippen LogP contribution is 2.26. The van der Waals surface area contributed by atoms with Crippen molar-refractivity contribution in [3.05, 3.63) is 46.5 Å². The zero-order chi connectivity index (χ0) is 12.6. The minimum absolute atomic E-state index is 0.243. The number of carbonyl (C=O) groups is 2. The molecule has 2 N–H and O–H groups in total. The van der Waals surface area contributed by atoms with E-state index in [0.29, 0.717) is 15.8 Å². The Balaban J connectivity index is 2.87. The minimum atomic E-state index is -1.29. The van der Waals surface area contributed by atoms with Crippen molar-refractivity contribution in [1.29, 1.82) is 0 Å². The van der Waals surface area contributed by atoms with Crippen molar-refractivity contribution in [2.45, 2.75) is 0 Å². The Morgan fingerprint density at radius 2 is 1.59 bits per heavy atom. The first-order valence-electron chi connectivity index (χ1n) is 4.69. The summed E-state index contributed by atoms with van der Waals surface area (Å²) in [4.78, 5) is 21.9. The van der Waals surface area contributed by atoms with E-state index in [0.717, 1.165) is 0 Å². The van der Waals surface area contributed by atoms with Gasteiger partial charge in [0, 0.05) is 10.4 Å². The van der Waals surface area contributed by atoms with Gasteiger partial charge in [0.05, 0.1) is 11.1 Å². The number of carboxylic acid groups (broad SMARTS) is 2. The average Bonchev–Trinajstić information content (AvgIpc) is 2.27. The summed E-state index contributed by atoms with van der Waals surface area (Å²) in [5.41, 5.74) is -0.509. The zero-order valence-electron chi connectivity index (χ0n) is 8.48. The molecule has 0 heterocycles. The van der Waals surface area contributed by atoms with Crippen molar-refractivity contribution >= 4 is 34.3 Å². The molecule has 0 aliphatic heterocycles. The average molecular weight is 251 g/mol. The number of carboxylic acids is 2. The quantitative estimate of drug-likeness (QED) is 0.859. The van der Waals surface area contributed by atoms with Gasteiger partial charge in [0.1, 0.15) is 0 Å². The first-order valence-corrected chi connectivity index (χ1v) is 5.07. The molecule has 17 heavy (non-hydrogen) atoms. The Kier molecular flexibility index (Phi) is 2.73. The molecule has 0 atom stereocenters. The van der Waals surface area contributed by atoms with E-state index in [1.54, 1.807) is 18.2 Å². The van der Waals surface area contributed by atoms with Crippen LogP contribution >= 0.6 is 11.6 Å². The molecule has 0 spiro atoms. The molecule has 0 saturated heterocycles. The number of benzene rings is 2. The minimum Gasteiger partial charge on any atom is -0.478 e. The predicted molar refractivity (Wildman–Crippen MR) is 62.9 cm³/mol. The molecule has 2 aromatic carbocycles. The van der Waals surface area contributed by atoms with Gasteiger partial charge in [-0.15, -0.1) is 0 Å². The van der Waals surface area contributed by atoms with Crippen LogP contribution in [0.4, 0.5) is 0 Å². The number of fused-ring (bicyclic) bond motifs is 1. The van der Waals surface area contributed by atoms with Crippen molar-refractivity contribution in [1.82, 2.24) is 0 Å². The van der Waals surface area contributed by atoms with Crippen LogP contribution in [0.2, 0.25) is 5.02 Å². The number of hydrogen-bond donors (Lipinski definition) is 2. The molecular weight excluding hydrogens is 244 g/mol. The van der Waals surface area contributed by atoms with Crippen LogP contribution in [0.25, 0.3) is 10.8 Å². The van der Waals surface area contributed by atoms with Gasteiger partial charge in [-0.1, -0.05) is 23.7 Å². The molecule has 2 aromatic rings. The van der Waals surface area contributed by atoms with Crippen LogP contribution in [0.5, 0.6) is 0 Å². The molecule has 0 aliphatic carbocycles. The van der Waals surface area contributed by atoms with Crippen LogP contribution in [-0.2, 0) is 0 Å². The highest BCUT2D eigenvalue weighted by atomic mass is 35.5. The molecule has 0 saturated carbocycles. The molecule has 0 unspecified atom stereocenters. The van der Waals surface area contributed by atoms with E-state index >= 15 is 0 Å². The fourth-order valence-corrected chi connectivity index (χ4v) is 1.88. The number of rotatable bonds is 2. The monoisotopic (exact) mass is 250 g/mol. The highest BCUT2D eigenvalue weighted by molar-refractivity contribution is 6.35. The number of hydrogen-bond acceptors (Lipinski definition) is 2. The fourth-order valence-electron chi connectivity index (χ4n) is 1.64. The molecule has 0 fully saturated rings. The topological polar surface area (TPSA) is 74.6 Å². The standard InChI is InChI=1S/C12H7ClO4/c13-10-3-1-2-6-4-8(11(14)15)9(12(16)17)5-7(6)10/h1-5H,(H,14,15)(H,16,17). The molecule has 0 bridgehead atoms. The summed E-state index contributed by atoms with van der Waals surface area (Å²) in [6, 6.07) is 7.57. The van der Waals surface area contributed by atoms with Crippen LogP contribution in [-0.4, -0.2) is 22.2 Å². The predicted octanol–water partition coefficient (Wildman–Crippen LogP) is 2.89. The lowest BCUT2D eigenvalue weighted by molar-refractivity contribution is 0.0652. The van der Waals surface area contributed by atoms with Crippen LogP contribution < -0.4 is 0 Å². The first-order chi connectivity index (χ1) is 8.00. The molecule has 0 aromatic heterocycles. The van der Waals surface area contributed by atoms with Gasteiger partial charge in [0.25, 0.3) is 0 Å². The van der Waals surface area contributed by atoms with E-state index in [-0.39, 0.29) is 11.1 Å². The van der Waals surface area contributed by atoms with Gasteiger partial charge >= 0.3 is 11.9 Å². The Hall–Kier alpha value is -2.07. The lowest BCUT2D eigenvalue weighted by Crippen LogP contribution is -2.07. The normalized spacial score (nSPS) is 10.4. The molecule has 0 radical (unpaired) electrons. The summed E-state index contributed by atoms with van der Waals surface area (Å²) in [5.74, 6) is -2.56. The van der Waals surface area contributed by atoms with Crippen LogP contribution in [0.15, 0.2) is 30.3 Å². The summed E-state index contributed by atoms with van der Waals surface area (Å²) in [5, 5.41) is 19.4. The summed E-state index contributed by atoms with van der Waals surface area (Å²) < 4.78 is 0. The van der Waals surface area contributed by atoms with Gasteiger partial charge in [-0.3, -0.25) is 0 Å². The smallest absolute Gasteiger partial charge is 0.336 e.